The molecule has 3 unspecified atom stereocenters. The van der Waals surface area contributed by atoms with Crippen LogP contribution in [0, 0.1) is 0 Å². The number of unbranched alkanes of at least 4 members (excludes halogenated alkanes) is 1. The minimum atomic E-state index is -0.183. The molecule has 6 heteroatoms. The molecule has 1 heterocycles. The Bertz CT molecular complexity index is 594. The number of aliphatic hydroxyl groups is 1. The third kappa shape index (κ3) is 10.1. The summed E-state index contributed by atoms with van der Waals surface area (Å²) in [4.78, 5) is 11.8. The number of rotatable bonds is 13. The standard InChI is InChI=1S/C23H34O4S2/c1-2-20(13-15-24)26-16-8-17-27-22(25)12-7-6-11-21-14-18-28-23(29-21)19-9-4-3-5-10-19/h3-5,8-10,17,20-21,23-24H,2,6-7,11-16,18H2,1H3/b17-8-. The van der Waals surface area contributed by atoms with Crippen LogP contribution in [0.5, 0.6) is 0 Å². The number of benzene rings is 1. The molecule has 1 aromatic rings. The number of aliphatic hydroxyl groups excluding tert-OH is 1. The third-order valence-corrected chi connectivity index (χ3v) is 8.05. The number of carbonyl (C=O) groups excluding carboxylic acids is 1. The van der Waals surface area contributed by atoms with Crippen molar-refractivity contribution < 1.29 is 19.4 Å². The number of thioether (sulfide) groups is 2. The summed E-state index contributed by atoms with van der Waals surface area (Å²) in [6.45, 7) is 2.55. The fraction of sp³-hybridized carbons (Fsp3) is 0.609. The molecule has 0 saturated carbocycles. The van der Waals surface area contributed by atoms with Gasteiger partial charge in [0.25, 0.3) is 0 Å². The molecule has 29 heavy (non-hydrogen) atoms. The predicted molar refractivity (Wildman–Crippen MR) is 123 cm³/mol. The quantitative estimate of drug-likeness (QED) is 0.241. The van der Waals surface area contributed by atoms with E-state index in [1.54, 1.807) is 6.08 Å². The zero-order valence-electron chi connectivity index (χ0n) is 17.3. The van der Waals surface area contributed by atoms with E-state index in [1.807, 2.05) is 18.7 Å². The molecule has 1 aliphatic rings. The van der Waals surface area contributed by atoms with Crippen LogP contribution in [0.25, 0.3) is 0 Å². The minimum absolute atomic E-state index is 0.0536. The van der Waals surface area contributed by atoms with Crippen LogP contribution in [0.3, 0.4) is 0 Å². The Morgan fingerprint density at radius 1 is 1.31 bits per heavy atom. The molecule has 0 bridgehead atoms. The van der Waals surface area contributed by atoms with Crippen LogP contribution in [-0.2, 0) is 14.3 Å². The van der Waals surface area contributed by atoms with Crippen molar-refractivity contribution in [3.8, 4) is 0 Å². The molecular formula is C23H34O4S2. The van der Waals surface area contributed by atoms with Gasteiger partial charge in [0.05, 0.1) is 23.6 Å². The summed E-state index contributed by atoms with van der Waals surface area (Å²) in [5, 5.41) is 9.61. The van der Waals surface area contributed by atoms with Crippen LogP contribution in [0.1, 0.15) is 62.0 Å². The summed E-state index contributed by atoms with van der Waals surface area (Å²) in [5.41, 5.74) is 1.41. The summed E-state index contributed by atoms with van der Waals surface area (Å²) in [5.74, 6) is 1.03. The van der Waals surface area contributed by atoms with Crippen LogP contribution in [-0.4, -0.2) is 41.4 Å². The molecule has 0 aliphatic carbocycles. The molecule has 0 amide bonds. The second-order valence-electron chi connectivity index (χ2n) is 7.14. The van der Waals surface area contributed by atoms with E-state index in [4.69, 9.17) is 14.6 Å². The highest BCUT2D eigenvalue weighted by Crippen LogP contribution is 2.48. The summed E-state index contributed by atoms with van der Waals surface area (Å²) in [6.07, 6.45) is 9.48. The van der Waals surface area contributed by atoms with Crippen LogP contribution < -0.4 is 0 Å². The molecule has 0 aromatic heterocycles. The van der Waals surface area contributed by atoms with Crippen molar-refractivity contribution in [2.24, 2.45) is 0 Å². The van der Waals surface area contributed by atoms with E-state index in [0.717, 1.165) is 25.7 Å². The van der Waals surface area contributed by atoms with Gasteiger partial charge in [-0.1, -0.05) is 43.7 Å². The first-order chi connectivity index (χ1) is 14.2. The predicted octanol–water partition coefficient (Wildman–Crippen LogP) is 5.72. The molecule has 4 nitrogen and oxygen atoms in total. The molecule has 1 N–H and O–H groups in total. The van der Waals surface area contributed by atoms with Gasteiger partial charge in [0, 0.05) is 18.3 Å². The highest BCUT2D eigenvalue weighted by molar-refractivity contribution is 8.17. The molecule has 1 saturated heterocycles. The number of carbonyl (C=O) groups is 1. The Labute approximate surface area is 183 Å². The number of ether oxygens (including phenoxy) is 2. The van der Waals surface area contributed by atoms with E-state index >= 15 is 0 Å². The highest BCUT2D eigenvalue weighted by Gasteiger charge is 2.23. The number of esters is 1. The van der Waals surface area contributed by atoms with Crippen LogP contribution >= 0.6 is 23.5 Å². The topological polar surface area (TPSA) is 55.8 Å². The number of hydrogen-bond donors (Lipinski definition) is 1. The highest BCUT2D eigenvalue weighted by atomic mass is 32.2. The lowest BCUT2D eigenvalue weighted by Crippen LogP contribution is -2.13. The van der Waals surface area contributed by atoms with Gasteiger partial charge in [-0.05, 0) is 49.5 Å². The van der Waals surface area contributed by atoms with E-state index < -0.39 is 0 Å². The number of hydrogen-bond acceptors (Lipinski definition) is 6. The Morgan fingerprint density at radius 3 is 2.90 bits per heavy atom. The maximum Gasteiger partial charge on any atom is 0.310 e. The van der Waals surface area contributed by atoms with Gasteiger partial charge in [0.1, 0.15) is 0 Å². The monoisotopic (exact) mass is 438 g/mol. The molecule has 1 aliphatic heterocycles. The van der Waals surface area contributed by atoms with Gasteiger partial charge < -0.3 is 14.6 Å². The fourth-order valence-electron chi connectivity index (χ4n) is 3.19. The SMILES string of the molecule is CCC(CCO)OC/C=C\OC(=O)CCCCC1CCSC(c2ccccc2)S1. The first-order valence-corrected chi connectivity index (χ1v) is 12.6. The molecule has 0 radical (unpaired) electrons. The van der Waals surface area contributed by atoms with Crippen molar-refractivity contribution in [1.82, 2.24) is 0 Å². The lowest BCUT2D eigenvalue weighted by Gasteiger charge is -2.28. The second-order valence-corrected chi connectivity index (χ2v) is 10.1. The molecular weight excluding hydrogens is 404 g/mol. The lowest BCUT2D eigenvalue weighted by atomic mass is 10.1. The normalized spacial score (nSPS) is 20.6. The Hall–Kier alpha value is -0.950. The third-order valence-electron chi connectivity index (χ3n) is 4.88. The van der Waals surface area contributed by atoms with Gasteiger partial charge in [-0.2, -0.15) is 0 Å². The summed E-state index contributed by atoms with van der Waals surface area (Å²) in [6, 6.07) is 10.7. The summed E-state index contributed by atoms with van der Waals surface area (Å²) in [7, 11) is 0. The second kappa shape index (κ2) is 14.9. The zero-order chi connectivity index (χ0) is 20.7. The Kier molecular flexibility index (Phi) is 12.5. The van der Waals surface area contributed by atoms with Crippen molar-refractivity contribution in [2.45, 2.75) is 67.8 Å². The molecule has 0 spiro atoms. The van der Waals surface area contributed by atoms with E-state index in [1.165, 1.54) is 24.0 Å². The van der Waals surface area contributed by atoms with Gasteiger partial charge in [0.2, 0.25) is 0 Å². The van der Waals surface area contributed by atoms with E-state index in [2.05, 4.69) is 42.1 Å². The average molecular weight is 439 g/mol. The Balaban J connectivity index is 1.54. The van der Waals surface area contributed by atoms with Gasteiger partial charge in [-0.3, -0.25) is 4.79 Å². The van der Waals surface area contributed by atoms with E-state index in [0.29, 0.717) is 29.3 Å². The van der Waals surface area contributed by atoms with Crippen molar-refractivity contribution >= 4 is 29.5 Å². The van der Waals surface area contributed by atoms with E-state index in [9.17, 15) is 4.79 Å². The fourth-order valence-corrected chi connectivity index (χ4v) is 6.62. The molecule has 3 atom stereocenters. The molecule has 1 fully saturated rings. The van der Waals surface area contributed by atoms with Crippen LogP contribution in [0.4, 0.5) is 0 Å². The maximum absolute atomic E-state index is 11.8. The first-order valence-electron chi connectivity index (χ1n) is 10.6. The Morgan fingerprint density at radius 2 is 2.14 bits per heavy atom. The average Bonchev–Trinajstić information content (AvgIpc) is 2.76. The van der Waals surface area contributed by atoms with Crippen molar-refractivity contribution in [2.75, 3.05) is 19.0 Å². The van der Waals surface area contributed by atoms with Gasteiger partial charge in [-0.15, -0.1) is 23.5 Å². The van der Waals surface area contributed by atoms with Crippen molar-refractivity contribution in [1.29, 1.82) is 0 Å². The zero-order valence-corrected chi connectivity index (χ0v) is 19.0. The van der Waals surface area contributed by atoms with Gasteiger partial charge in [-0.25, -0.2) is 0 Å². The maximum atomic E-state index is 11.8. The van der Waals surface area contributed by atoms with Gasteiger partial charge >= 0.3 is 5.97 Å². The first kappa shape index (κ1) is 24.3. The molecule has 2 rings (SSSR count). The minimum Gasteiger partial charge on any atom is -0.435 e. The van der Waals surface area contributed by atoms with Gasteiger partial charge in [0.15, 0.2) is 0 Å². The van der Waals surface area contributed by atoms with Crippen molar-refractivity contribution in [3.63, 3.8) is 0 Å². The lowest BCUT2D eigenvalue weighted by molar-refractivity contribution is -0.138. The summed E-state index contributed by atoms with van der Waals surface area (Å²) < 4.78 is 11.2. The smallest absolute Gasteiger partial charge is 0.310 e. The molecule has 1 aromatic carbocycles. The van der Waals surface area contributed by atoms with Crippen LogP contribution in [0.2, 0.25) is 0 Å². The largest absolute Gasteiger partial charge is 0.435 e. The van der Waals surface area contributed by atoms with Crippen LogP contribution in [0.15, 0.2) is 42.7 Å². The van der Waals surface area contributed by atoms with Crippen molar-refractivity contribution in [3.05, 3.63) is 48.2 Å². The summed E-state index contributed by atoms with van der Waals surface area (Å²) >= 11 is 4.12. The molecule has 162 valence electrons. The van der Waals surface area contributed by atoms with E-state index in [-0.39, 0.29) is 18.7 Å².